The van der Waals surface area contributed by atoms with E-state index in [0.717, 1.165) is 12.1 Å². The maximum absolute atomic E-state index is 5.87. The zero-order chi connectivity index (χ0) is 8.27. The van der Waals surface area contributed by atoms with E-state index in [1.807, 2.05) is 5.51 Å². The Morgan fingerprint density at radius 2 is 2.36 bits per heavy atom. The molecule has 2 nitrogen and oxygen atoms in total. The predicted molar refractivity (Wildman–Crippen MR) is 48.6 cm³/mol. The predicted octanol–water partition coefficient (Wildman–Crippen LogP) is 1.67. The molecule has 0 unspecified atom stereocenters. The molecule has 0 radical (unpaired) electrons. The molecule has 1 atom stereocenters. The van der Waals surface area contributed by atoms with Gasteiger partial charge in [-0.2, -0.15) is 0 Å². The zero-order valence-electron chi connectivity index (χ0n) is 6.95. The molecule has 0 amide bonds. The van der Waals surface area contributed by atoms with Gasteiger partial charge in [0.05, 0.1) is 11.2 Å². The first-order valence-corrected chi connectivity index (χ1v) is 4.77. The van der Waals surface area contributed by atoms with Crippen molar-refractivity contribution in [3.05, 3.63) is 16.6 Å². The fraction of sp³-hybridized carbons (Fsp3) is 0.625. The molecule has 0 aliphatic carbocycles. The average Bonchev–Trinajstić information content (AvgIpc) is 2.39. The molecule has 0 saturated carbocycles. The van der Waals surface area contributed by atoms with Crippen molar-refractivity contribution in [3.63, 3.8) is 0 Å². The van der Waals surface area contributed by atoms with E-state index in [-0.39, 0.29) is 6.04 Å². The summed E-state index contributed by atoms with van der Waals surface area (Å²) in [5.41, 5.74) is 8.84. The van der Waals surface area contributed by atoms with Gasteiger partial charge in [0.15, 0.2) is 0 Å². The van der Waals surface area contributed by atoms with Crippen molar-refractivity contribution >= 4 is 11.3 Å². The lowest BCUT2D eigenvalue weighted by molar-refractivity contribution is 0.487. The molecule has 0 bridgehead atoms. The molecule has 2 N–H and O–H groups in total. The van der Waals surface area contributed by atoms with Gasteiger partial charge < -0.3 is 5.73 Å². The van der Waals surface area contributed by atoms with Gasteiger partial charge in [0.2, 0.25) is 0 Å². The smallest absolute Gasteiger partial charge is 0.0794 e. The fourth-order valence-corrected chi connectivity index (χ4v) is 1.39. The summed E-state index contributed by atoms with van der Waals surface area (Å²) in [5, 5.41) is 2.06. The summed E-state index contributed by atoms with van der Waals surface area (Å²) in [4.78, 5) is 4.18. The quantitative estimate of drug-likeness (QED) is 0.749. The van der Waals surface area contributed by atoms with E-state index in [0.29, 0.717) is 5.92 Å². The van der Waals surface area contributed by atoms with Crippen LogP contribution in [0.4, 0.5) is 0 Å². The molecule has 0 aliphatic heterocycles. The van der Waals surface area contributed by atoms with Gasteiger partial charge in [0.25, 0.3) is 0 Å². The number of hydrogen-bond donors (Lipinski definition) is 1. The van der Waals surface area contributed by atoms with Crippen LogP contribution >= 0.6 is 11.3 Å². The first-order chi connectivity index (χ1) is 5.20. The lowest BCUT2D eigenvalue weighted by Crippen LogP contribution is -2.28. The minimum Gasteiger partial charge on any atom is -0.327 e. The SMILES string of the molecule is CC(C)[C@@H](N)Cc1cscn1. The van der Waals surface area contributed by atoms with Gasteiger partial charge in [-0.25, -0.2) is 4.98 Å². The second-order valence-electron chi connectivity index (χ2n) is 3.09. The van der Waals surface area contributed by atoms with Crippen LogP contribution in [0.25, 0.3) is 0 Å². The topological polar surface area (TPSA) is 38.9 Å². The van der Waals surface area contributed by atoms with E-state index in [4.69, 9.17) is 5.73 Å². The molecule has 0 fully saturated rings. The third-order valence-electron chi connectivity index (χ3n) is 1.78. The highest BCUT2D eigenvalue weighted by Crippen LogP contribution is 2.08. The minimum atomic E-state index is 0.247. The highest BCUT2D eigenvalue weighted by Gasteiger charge is 2.08. The molecule has 1 aromatic heterocycles. The Bertz CT molecular complexity index is 194. The van der Waals surface area contributed by atoms with Gasteiger partial charge in [-0.15, -0.1) is 11.3 Å². The monoisotopic (exact) mass is 170 g/mol. The van der Waals surface area contributed by atoms with Gasteiger partial charge in [0, 0.05) is 17.8 Å². The van der Waals surface area contributed by atoms with Gasteiger partial charge in [0.1, 0.15) is 0 Å². The average molecular weight is 170 g/mol. The molecule has 1 rings (SSSR count). The van der Waals surface area contributed by atoms with Crippen LogP contribution in [0.2, 0.25) is 0 Å². The molecule has 1 aromatic rings. The first kappa shape index (κ1) is 8.68. The summed E-state index contributed by atoms with van der Waals surface area (Å²) in [7, 11) is 0. The Kier molecular flexibility index (Phi) is 3.02. The second-order valence-corrected chi connectivity index (χ2v) is 3.81. The Labute approximate surface area is 71.5 Å². The molecule has 11 heavy (non-hydrogen) atoms. The van der Waals surface area contributed by atoms with Crippen LogP contribution in [0.15, 0.2) is 10.9 Å². The molecule has 62 valence electrons. The summed E-state index contributed by atoms with van der Waals surface area (Å²) in [5.74, 6) is 0.539. The molecule has 0 spiro atoms. The van der Waals surface area contributed by atoms with E-state index in [9.17, 15) is 0 Å². The Morgan fingerprint density at radius 1 is 1.64 bits per heavy atom. The van der Waals surface area contributed by atoms with E-state index in [1.54, 1.807) is 11.3 Å². The number of nitrogens with zero attached hydrogens (tertiary/aromatic N) is 1. The van der Waals surface area contributed by atoms with Crippen LogP contribution in [0, 0.1) is 5.92 Å². The van der Waals surface area contributed by atoms with Gasteiger partial charge in [-0.3, -0.25) is 0 Å². The Balaban J connectivity index is 2.43. The molecule has 0 saturated heterocycles. The Hall–Kier alpha value is -0.410. The number of thiazole rings is 1. The molecule has 0 aromatic carbocycles. The van der Waals surface area contributed by atoms with Crippen LogP contribution in [0.5, 0.6) is 0 Å². The summed E-state index contributed by atoms with van der Waals surface area (Å²) < 4.78 is 0. The van der Waals surface area contributed by atoms with Crippen LogP contribution in [0.3, 0.4) is 0 Å². The number of rotatable bonds is 3. The molecule has 3 heteroatoms. The van der Waals surface area contributed by atoms with Crippen molar-refractivity contribution in [2.75, 3.05) is 0 Å². The Morgan fingerprint density at radius 3 is 2.82 bits per heavy atom. The number of hydrogen-bond acceptors (Lipinski definition) is 3. The fourth-order valence-electron chi connectivity index (χ4n) is 0.816. The highest BCUT2D eigenvalue weighted by molar-refractivity contribution is 7.07. The van der Waals surface area contributed by atoms with E-state index >= 15 is 0 Å². The maximum atomic E-state index is 5.87. The van der Waals surface area contributed by atoms with Gasteiger partial charge in [-0.05, 0) is 5.92 Å². The van der Waals surface area contributed by atoms with Crippen molar-refractivity contribution in [3.8, 4) is 0 Å². The largest absolute Gasteiger partial charge is 0.327 e. The zero-order valence-corrected chi connectivity index (χ0v) is 7.77. The van der Waals surface area contributed by atoms with Crippen LogP contribution in [-0.4, -0.2) is 11.0 Å². The van der Waals surface area contributed by atoms with Crippen molar-refractivity contribution < 1.29 is 0 Å². The summed E-state index contributed by atoms with van der Waals surface area (Å²) in [6.07, 6.45) is 0.904. The molecule has 1 heterocycles. The molecular weight excluding hydrogens is 156 g/mol. The highest BCUT2D eigenvalue weighted by atomic mass is 32.1. The van der Waals surface area contributed by atoms with E-state index in [2.05, 4.69) is 24.2 Å². The summed E-state index contributed by atoms with van der Waals surface area (Å²) in [6, 6.07) is 0.247. The van der Waals surface area contributed by atoms with Crippen molar-refractivity contribution in [1.82, 2.24) is 4.98 Å². The summed E-state index contributed by atoms with van der Waals surface area (Å²) >= 11 is 1.63. The maximum Gasteiger partial charge on any atom is 0.0794 e. The van der Waals surface area contributed by atoms with Crippen LogP contribution in [0.1, 0.15) is 19.5 Å². The van der Waals surface area contributed by atoms with E-state index < -0.39 is 0 Å². The lowest BCUT2D eigenvalue weighted by Gasteiger charge is -2.13. The lowest BCUT2D eigenvalue weighted by atomic mass is 10.0. The van der Waals surface area contributed by atoms with Gasteiger partial charge in [-0.1, -0.05) is 13.8 Å². The van der Waals surface area contributed by atoms with Crippen molar-refractivity contribution in [2.24, 2.45) is 11.7 Å². The second kappa shape index (κ2) is 3.83. The van der Waals surface area contributed by atoms with Crippen molar-refractivity contribution in [2.45, 2.75) is 26.3 Å². The normalized spacial score (nSPS) is 13.8. The van der Waals surface area contributed by atoms with Crippen molar-refractivity contribution in [1.29, 1.82) is 0 Å². The number of nitrogens with two attached hydrogens (primary N) is 1. The molecular formula is C8H14N2S. The first-order valence-electron chi connectivity index (χ1n) is 3.83. The third kappa shape index (κ3) is 2.60. The molecule has 0 aliphatic rings. The van der Waals surface area contributed by atoms with Crippen LogP contribution in [-0.2, 0) is 6.42 Å². The van der Waals surface area contributed by atoms with Crippen LogP contribution < -0.4 is 5.73 Å². The third-order valence-corrected chi connectivity index (χ3v) is 2.42. The summed E-state index contributed by atoms with van der Waals surface area (Å²) in [6.45, 7) is 4.27. The van der Waals surface area contributed by atoms with Gasteiger partial charge >= 0.3 is 0 Å². The van der Waals surface area contributed by atoms with E-state index in [1.165, 1.54) is 0 Å². The standard InChI is InChI=1S/C8H14N2S/c1-6(2)8(9)3-7-4-11-5-10-7/h4-6,8H,3,9H2,1-2H3/t8-/m0/s1. The minimum absolute atomic E-state index is 0.247. The number of aromatic nitrogens is 1.